The standard InChI is InChI=1S/C47H54N12O7/c1-28-34-27-49-46(52-41(34)58(31-6-3-4-7-31)44(64)39(28)29(2)60)50-37-12-10-32(26-48-37)54-20-18-53(19-21-54)30-14-16-56(17-15-30)47(66)57-24-22-55(23-25-57)35-9-5-8-33-40(35)45(65)59(43(33)63)36-11-13-38(61)51-42(36)62/h5,8-10,12,26-27,30-31,36H,3-4,6-7,11,13-25H2,1-2H3,(H,51,61,62)(H,48,49,50,52). The number of piperazine rings is 2. The molecule has 1 unspecified atom stereocenters. The molecule has 0 spiro atoms. The molecule has 19 nitrogen and oxygen atoms in total. The number of aromatic nitrogens is 4. The van der Waals surface area contributed by atoms with E-state index in [2.05, 4.69) is 30.4 Å². The number of carbonyl (C=O) groups excluding carboxylic acids is 6. The summed E-state index contributed by atoms with van der Waals surface area (Å²) in [5.41, 5.74) is 3.21. The number of nitrogens with zero attached hydrogens (tertiary/aromatic N) is 10. The van der Waals surface area contributed by atoms with Crippen LogP contribution in [0.4, 0.5) is 27.9 Å². The molecule has 0 radical (unpaired) electrons. The highest BCUT2D eigenvalue weighted by Gasteiger charge is 2.46. The second-order valence-corrected chi connectivity index (χ2v) is 18.3. The molecular formula is C47H54N12O7. The molecule has 0 bridgehead atoms. The first-order valence-corrected chi connectivity index (χ1v) is 23.2. The van der Waals surface area contributed by atoms with Crippen molar-refractivity contribution in [2.45, 2.75) is 83.3 Å². The third-order valence-electron chi connectivity index (χ3n) is 14.5. The summed E-state index contributed by atoms with van der Waals surface area (Å²) in [6.45, 7) is 10.0. The van der Waals surface area contributed by atoms with Gasteiger partial charge in [-0.15, -0.1) is 0 Å². The average molecular weight is 899 g/mol. The maximum atomic E-state index is 13.7. The second-order valence-electron chi connectivity index (χ2n) is 18.3. The largest absolute Gasteiger partial charge is 0.368 e. The Balaban J connectivity index is 0.700. The Morgan fingerprint density at radius 2 is 1.45 bits per heavy atom. The highest BCUT2D eigenvalue weighted by molar-refractivity contribution is 6.25. The summed E-state index contributed by atoms with van der Waals surface area (Å²) >= 11 is 0. The van der Waals surface area contributed by atoms with Crippen LogP contribution < -0.4 is 26.0 Å². The fraction of sp³-hybridized carbons (Fsp3) is 0.489. The maximum Gasteiger partial charge on any atom is 0.320 e. The fourth-order valence-corrected chi connectivity index (χ4v) is 10.9. The SMILES string of the molecule is CC(=O)c1c(C)c2cnc(Nc3ccc(N4CCN(C5CCN(C(=O)N6CCN(c7cccc8c7C(=O)N(C7CCC(=O)NC7=O)C8=O)CC6)CC5)CC4)cn3)nc2n(C2CCCC2)c1=O. The first-order valence-electron chi connectivity index (χ1n) is 23.2. The Morgan fingerprint density at radius 3 is 2.14 bits per heavy atom. The Kier molecular flexibility index (Phi) is 11.5. The molecule has 1 saturated carbocycles. The number of benzene rings is 1. The van der Waals surface area contributed by atoms with Crippen molar-refractivity contribution >= 4 is 69.6 Å². The smallest absolute Gasteiger partial charge is 0.320 e. The van der Waals surface area contributed by atoms with Gasteiger partial charge >= 0.3 is 6.03 Å². The normalized spacial score (nSPS) is 21.2. The molecule has 3 aromatic heterocycles. The molecule has 1 atom stereocenters. The van der Waals surface area contributed by atoms with Crippen LogP contribution >= 0.6 is 0 Å². The minimum atomic E-state index is -1.03. The number of hydrogen-bond donors (Lipinski definition) is 2. The number of likely N-dealkylation sites (tertiary alicyclic amines) is 1. The van der Waals surface area contributed by atoms with Gasteiger partial charge in [0.25, 0.3) is 17.4 Å². The van der Waals surface area contributed by atoms with Crippen LogP contribution in [0.2, 0.25) is 0 Å². The highest BCUT2D eigenvalue weighted by atomic mass is 16.2. The molecule has 2 N–H and O–H groups in total. The van der Waals surface area contributed by atoms with E-state index in [-0.39, 0.29) is 52.9 Å². The number of Topliss-reactive ketones (excluding diaryl/α,β-unsaturated/α-hetero) is 1. The lowest BCUT2D eigenvalue weighted by Crippen LogP contribution is -2.57. The Morgan fingerprint density at radius 1 is 0.742 bits per heavy atom. The zero-order chi connectivity index (χ0) is 45.8. The molecule has 19 heteroatoms. The maximum absolute atomic E-state index is 13.7. The van der Waals surface area contributed by atoms with Gasteiger partial charge < -0.3 is 24.9 Å². The van der Waals surface area contributed by atoms with Crippen molar-refractivity contribution in [3.63, 3.8) is 0 Å². The van der Waals surface area contributed by atoms with Crippen LogP contribution in [0.5, 0.6) is 0 Å². The summed E-state index contributed by atoms with van der Waals surface area (Å²) in [5.74, 6) is -1.46. The molecule has 1 aliphatic carbocycles. The molecule has 6 aliphatic rings. The number of piperidine rings is 2. The third kappa shape index (κ3) is 7.81. The van der Waals surface area contributed by atoms with E-state index < -0.39 is 29.7 Å². The van der Waals surface area contributed by atoms with Crippen LogP contribution in [0.25, 0.3) is 11.0 Å². The number of amides is 6. The van der Waals surface area contributed by atoms with Crippen molar-refractivity contribution in [1.82, 2.24) is 44.4 Å². The lowest BCUT2D eigenvalue weighted by molar-refractivity contribution is -0.136. The monoisotopic (exact) mass is 898 g/mol. The van der Waals surface area contributed by atoms with Gasteiger partial charge in [0.1, 0.15) is 17.5 Å². The minimum absolute atomic E-state index is 0.00351. The van der Waals surface area contributed by atoms with Crippen molar-refractivity contribution in [2.75, 3.05) is 80.6 Å². The number of urea groups is 1. The molecule has 8 heterocycles. The van der Waals surface area contributed by atoms with Gasteiger partial charge in [0.15, 0.2) is 5.78 Å². The van der Waals surface area contributed by atoms with E-state index in [1.165, 1.54) is 6.92 Å². The van der Waals surface area contributed by atoms with E-state index in [0.29, 0.717) is 79.4 Å². The van der Waals surface area contributed by atoms with Gasteiger partial charge in [-0.2, -0.15) is 4.98 Å². The number of fused-ring (bicyclic) bond motifs is 2. The Labute approximate surface area is 381 Å². The van der Waals surface area contributed by atoms with Gasteiger partial charge in [0, 0.05) is 95.5 Å². The van der Waals surface area contributed by atoms with Crippen molar-refractivity contribution in [3.8, 4) is 0 Å². The fourth-order valence-electron chi connectivity index (χ4n) is 10.9. The summed E-state index contributed by atoms with van der Waals surface area (Å²) in [6, 6.07) is 8.47. The summed E-state index contributed by atoms with van der Waals surface area (Å²) < 4.78 is 1.71. The van der Waals surface area contributed by atoms with Crippen molar-refractivity contribution in [2.24, 2.45) is 0 Å². The van der Waals surface area contributed by atoms with E-state index >= 15 is 0 Å². The predicted molar refractivity (Wildman–Crippen MR) is 244 cm³/mol. The van der Waals surface area contributed by atoms with E-state index in [1.54, 1.807) is 35.9 Å². The topological polar surface area (TPSA) is 207 Å². The number of pyridine rings is 2. The van der Waals surface area contributed by atoms with Crippen LogP contribution in [0.1, 0.15) is 101 Å². The van der Waals surface area contributed by atoms with E-state index in [1.807, 2.05) is 33.0 Å². The number of aryl methyl sites for hydroxylation is 1. The number of anilines is 4. The molecule has 6 amide bonds. The second kappa shape index (κ2) is 17.6. The molecule has 4 aromatic rings. The van der Waals surface area contributed by atoms with Crippen molar-refractivity contribution < 1.29 is 28.8 Å². The highest BCUT2D eigenvalue weighted by Crippen LogP contribution is 2.36. The predicted octanol–water partition coefficient (Wildman–Crippen LogP) is 3.49. The summed E-state index contributed by atoms with van der Waals surface area (Å²) in [6.07, 6.45) is 9.29. The summed E-state index contributed by atoms with van der Waals surface area (Å²) in [5, 5.41) is 6.16. The zero-order valence-electron chi connectivity index (χ0n) is 37.3. The lowest BCUT2D eigenvalue weighted by atomic mass is 10.0. The number of carbonyl (C=O) groups is 6. The number of imide groups is 2. The van der Waals surface area contributed by atoms with E-state index in [9.17, 15) is 33.6 Å². The van der Waals surface area contributed by atoms with Gasteiger partial charge in [-0.05, 0) is 75.8 Å². The average Bonchev–Trinajstić information content (AvgIpc) is 3.95. The first kappa shape index (κ1) is 43.1. The van der Waals surface area contributed by atoms with E-state index in [4.69, 9.17) is 4.98 Å². The quantitative estimate of drug-likeness (QED) is 0.192. The molecule has 5 fully saturated rings. The number of ketones is 1. The van der Waals surface area contributed by atoms with Crippen LogP contribution in [0.15, 0.2) is 47.5 Å². The molecule has 66 heavy (non-hydrogen) atoms. The number of rotatable bonds is 8. The minimum Gasteiger partial charge on any atom is -0.368 e. The molecule has 344 valence electrons. The van der Waals surface area contributed by atoms with Crippen molar-refractivity contribution in [1.29, 1.82) is 0 Å². The van der Waals surface area contributed by atoms with Crippen LogP contribution in [0.3, 0.4) is 0 Å². The lowest BCUT2D eigenvalue weighted by Gasteiger charge is -2.44. The summed E-state index contributed by atoms with van der Waals surface area (Å²) in [4.78, 5) is 117. The van der Waals surface area contributed by atoms with E-state index in [0.717, 1.165) is 75.3 Å². The van der Waals surface area contributed by atoms with Crippen LogP contribution in [-0.2, 0) is 9.59 Å². The van der Waals surface area contributed by atoms with Gasteiger partial charge in [-0.1, -0.05) is 18.9 Å². The number of nitrogens with one attached hydrogen (secondary N) is 2. The summed E-state index contributed by atoms with van der Waals surface area (Å²) in [7, 11) is 0. The molecule has 5 aliphatic heterocycles. The molecule has 4 saturated heterocycles. The third-order valence-corrected chi connectivity index (χ3v) is 14.5. The Bertz CT molecular complexity index is 2690. The van der Waals surface area contributed by atoms with Crippen LogP contribution in [-0.4, -0.2) is 152 Å². The van der Waals surface area contributed by atoms with Crippen molar-refractivity contribution in [3.05, 3.63) is 75.3 Å². The van der Waals surface area contributed by atoms with Crippen LogP contribution in [0, 0.1) is 6.92 Å². The molecule has 1 aromatic carbocycles. The zero-order valence-corrected chi connectivity index (χ0v) is 37.3. The van der Waals surface area contributed by atoms with Gasteiger partial charge in [-0.3, -0.25) is 48.5 Å². The van der Waals surface area contributed by atoms with Gasteiger partial charge in [-0.25, -0.2) is 14.8 Å². The van der Waals surface area contributed by atoms with Gasteiger partial charge in [0.2, 0.25) is 17.8 Å². The number of hydrogen-bond acceptors (Lipinski definition) is 14. The molecular weight excluding hydrogens is 845 g/mol. The van der Waals surface area contributed by atoms with Gasteiger partial charge in [0.05, 0.1) is 34.3 Å². The Hall–Kier alpha value is -6.76. The molecule has 10 rings (SSSR count). The first-order chi connectivity index (χ1) is 31.9.